The van der Waals surface area contributed by atoms with Gasteiger partial charge in [-0.2, -0.15) is 5.26 Å². The van der Waals surface area contributed by atoms with Gasteiger partial charge in [0.15, 0.2) is 13.2 Å². The maximum atomic E-state index is 12.1. The van der Waals surface area contributed by atoms with E-state index in [4.69, 9.17) is 13.9 Å². The van der Waals surface area contributed by atoms with E-state index in [0.29, 0.717) is 11.3 Å². The van der Waals surface area contributed by atoms with Crippen molar-refractivity contribution < 1.29 is 23.5 Å². The zero-order chi connectivity index (χ0) is 21.3. The van der Waals surface area contributed by atoms with E-state index in [-0.39, 0.29) is 11.5 Å². The minimum absolute atomic E-state index is 0.139. The van der Waals surface area contributed by atoms with Crippen molar-refractivity contribution in [3.8, 4) is 11.8 Å². The van der Waals surface area contributed by atoms with Gasteiger partial charge in [0.1, 0.15) is 16.9 Å². The minimum atomic E-state index is -0.935. The molecule has 1 fully saturated rings. The standard InChI is InChI=1S/C22H22N2O6/c1-22(12-23,13-5-6-13)24-19(25)10-29-20(26)11-28-14-7-8-16-15-3-2-4-17(15)21(27)30-18(16)9-14/h7-9,13H,2-6,10-11H2,1H3,(H,24,25)/t22-/m1/s1. The fraction of sp³-hybridized carbons (Fsp3) is 0.455. The highest BCUT2D eigenvalue weighted by Gasteiger charge is 2.43. The van der Waals surface area contributed by atoms with Crippen LogP contribution in [0.2, 0.25) is 0 Å². The Morgan fingerprint density at radius 2 is 2.03 bits per heavy atom. The fourth-order valence-corrected chi connectivity index (χ4v) is 3.89. The number of hydrogen-bond acceptors (Lipinski definition) is 7. The number of rotatable bonds is 7. The Morgan fingerprint density at radius 1 is 1.27 bits per heavy atom. The molecule has 0 unspecified atom stereocenters. The number of nitrogens with one attached hydrogen (secondary N) is 1. The Kier molecular flexibility index (Phi) is 5.20. The SMILES string of the molecule is C[C@](C#N)(NC(=O)COC(=O)COc1ccc2c3c(c(=O)oc2c1)CCC3)C1CC1. The zero-order valence-electron chi connectivity index (χ0n) is 16.7. The highest BCUT2D eigenvalue weighted by atomic mass is 16.6. The van der Waals surface area contributed by atoms with Crippen LogP contribution in [0.5, 0.6) is 5.75 Å². The third kappa shape index (κ3) is 4.01. The average molecular weight is 410 g/mol. The van der Waals surface area contributed by atoms with Crippen LogP contribution in [0.3, 0.4) is 0 Å². The van der Waals surface area contributed by atoms with Gasteiger partial charge in [0.2, 0.25) is 0 Å². The minimum Gasteiger partial charge on any atom is -0.482 e. The molecule has 8 heteroatoms. The van der Waals surface area contributed by atoms with Gasteiger partial charge in [-0.3, -0.25) is 4.79 Å². The van der Waals surface area contributed by atoms with Gasteiger partial charge in [-0.15, -0.1) is 0 Å². The van der Waals surface area contributed by atoms with Gasteiger partial charge in [0.25, 0.3) is 5.91 Å². The summed E-state index contributed by atoms with van der Waals surface area (Å²) in [6.45, 7) is 0.790. The molecule has 2 aromatic rings. The summed E-state index contributed by atoms with van der Waals surface area (Å²) in [5, 5.41) is 12.8. The summed E-state index contributed by atoms with van der Waals surface area (Å²) in [5.74, 6) is -0.748. The molecule has 30 heavy (non-hydrogen) atoms. The highest BCUT2D eigenvalue weighted by molar-refractivity contribution is 5.84. The van der Waals surface area contributed by atoms with Crippen molar-refractivity contribution in [3.63, 3.8) is 0 Å². The van der Waals surface area contributed by atoms with Gasteiger partial charge < -0.3 is 19.2 Å². The molecule has 0 saturated heterocycles. The first-order valence-electron chi connectivity index (χ1n) is 9.99. The lowest BCUT2D eigenvalue weighted by molar-refractivity contribution is -0.150. The number of esters is 1. The first-order valence-corrected chi connectivity index (χ1v) is 9.99. The number of nitriles is 1. The van der Waals surface area contributed by atoms with Gasteiger partial charge in [0.05, 0.1) is 6.07 Å². The summed E-state index contributed by atoms with van der Waals surface area (Å²) in [4.78, 5) is 36.0. The van der Waals surface area contributed by atoms with Crippen molar-refractivity contribution in [1.29, 1.82) is 5.26 Å². The molecule has 8 nitrogen and oxygen atoms in total. The summed E-state index contributed by atoms with van der Waals surface area (Å²) in [6, 6.07) is 7.20. The monoisotopic (exact) mass is 410 g/mol. The number of hydrogen-bond donors (Lipinski definition) is 1. The van der Waals surface area contributed by atoms with Crippen LogP contribution in [0, 0.1) is 17.2 Å². The van der Waals surface area contributed by atoms with Gasteiger partial charge >= 0.3 is 11.6 Å². The van der Waals surface area contributed by atoms with Crippen LogP contribution < -0.4 is 15.7 Å². The Labute approximate surface area is 172 Å². The molecule has 0 bridgehead atoms. The lowest BCUT2D eigenvalue weighted by Gasteiger charge is -2.22. The van der Waals surface area contributed by atoms with Gasteiger partial charge in [-0.1, -0.05) is 0 Å². The molecule has 1 heterocycles. The van der Waals surface area contributed by atoms with Crippen LogP contribution in [0.25, 0.3) is 11.0 Å². The largest absolute Gasteiger partial charge is 0.482 e. The van der Waals surface area contributed by atoms with Crippen LogP contribution in [-0.4, -0.2) is 30.6 Å². The number of nitrogens with zero attached hydrogens (tertiary/aromatic N) is 1. The number of amides is 1. The van der Waals surface area contributed by atoms with E-state index in [1.165, 1.54) is 0 Å². The number of benzene rings is 1. The number of carbonyl (C=O) groups excluding carboxylic acids is 2. The molecule has 2 aliphatic carbocycles. The van der Waals surface area contributed by atoms with E-state index in [1.807, 2.05) is 6.07 Å². The Morgan fingerprint density at radius 3 is 2.77 bits per heavy atom. The lowest BCUT2D eigenvalue weighted by Crippen LogP contribution is -2.48. The summed E-state index contributed by atoms with van der Waals surface area (Å²) >= 11 is 0. The molecule has 1 atom stereocenters. The molecule has 156 valence electrons. The Balaban J connectivity index is 1.31. The number of carbonyl (C=O) groups is 2. The topological polar surface area (TPSA) is 119 Å². The molecule has 0 radical (unpaired) electrons. The maximum Gasteiger partial charge on any atom is 0.344 e. The van der Waals surface area contributed by atoms with Gasteiger partial charge in [-0.25, -0.2) is 9.59 Å². The third-order valence-corrected chi connectivity index (χ3v) is 5.69. The van der Waals surface area contributed by atoms with Crippen LogP contribution in [0.1, 0.15) is 37.3 Å². The maximum absolute atomic E-state index is 12.1. The van der Waals surface area contributed by atoms with Crippen molar-refractivity contribution in [2.75, 3.05) is 13.2 Å². The number of ether oxygens (including phenoxy) is 2. The van der Waals surface area contributed by atoms with E-state index in [0.717, 1.165) is 48.6 Å². The fourth-order valence-electron chi connectivity index (χ4n) is 3.89. The second-order valence-electron chi connectivity index (χ2n) is 7.94. The van der Waals surface area contributed by atoms with Gasteiger partial charge in [0, 0.05) is 17.0 Å². The van der Waals surface area contributed by atoms with E-state index < -0.39 is 30.6 Å². The molecule has 1 aromatic heterocycles. The summed E-state index contributed by atoms with van der Waals surface area (Å²) in [6.07, 6.45) is 4.31. The molecule has 0 aliphatic heterocycles. The average Bonchev–Trinajstić information content (AvgIpc) is 3.48. The van der Waals surface area contributed by atoms with E-state index >= 15 is 0 Å². The second-order valence-corrected chi connectivity index (χ2v) is 7.94. The summed E-state index contributed by atoms with van der Waals surface area (Å²) in [7, 11) is 0. The Hall–Kier alpha value is -3.34. The smallest absolute Gasteiger partial charge is 0.344 e. The number of aryl methyl sites for hydroxylation is 1. The predicted octanol–water partition coefficient (Wildman–Crippen LogP) is 2.01. The third-order valence-electron chi connectivity index (χ3n) is 5.69. The molecule has 4 rings (SSSR count). The van der Waals surface area contributed by atoms with Crippen molar-refractivity contribution >= 4 is 22.8 Å². The molecule has 1 N–H and O–H groups in total. The van der Waals surface area contributed by atoms with E-state index in [2.05, 4.69) is 11.4 Å². The number of fused-ring (bicyclic) bond motifs is 3. The van der Waals surface area contributed by atoms with Crippen LogP contribution >= 0.6 is 0 Å². The van der Waals surface area contributed by atoms with Crippen molar-refractivity contribution in [2.24, 2.45) is 5.92 Å². The van der Waals surface area contributed by atoms with Crippen LogP contribution in [-0.2, 0) is 27.2 Å². The highest BCUT2D eigenvalue weighted by Crippen LogP contribution is 2.39. The molecule has 2 aliphatic rings. The predicted molar refractivity (Wildman–Crippen MR) is 106 cm³/mol. The molecule has 0 spiro atoms. The molecule has 1 amide bonds. The summed E-state index contributed by atoms with van der Waals surface area (Å²) < 4.78 is 15.7. The normalized spacial score (nSPS) is 16.9. The van der Waals surface area contributed by atoms with Gasteiger partial charge in [-0.05, 0) is 62.6 Å². The van der Waals surface area contributed by atoms with Crippen molar-refractivity contribution in [2.45, 2.75) is 44.6 Å². The van der Waals surface area contributed by atoms with Crippen molar-refractivity contribution in [3.05, 3.63) is 39.7 Å². The first kappa shape index (κ1) is 20.0. The van der Waals surface area contributed by atoms with E-state index in [1.54, 1.807) is 19.1 Å². The van der Waals surface area contributed by atoms with Crippen molar-refractivity contribution in [1.82, 2.24) is 5.32 Å². The lowest BCUT2D eigenvalue weighted by atomic mass is 9.98. The van der Waals surface area contributed by atoms with E-state index in [9.17, 15) is 19.6 Å². The Bertz CT molecular complexity index is 1110. The summed E-state index contributed by atoms with van der Waals surface area (Å²) in [5.41, 5.74) is 0.922. The van der Waals surface area contributed by atoms with Crippen LogP contribution in [0.4, 0.5) is 0 Å². The quantitative estimate of drug-likeness (QED) is 0.548. The van der Waals surface area contributed by atoms with Crippen LogP contribution in [0.15, 0.2) is 27.4 Å². The molecule has 1 aromatic carbocycles. The second kappa shape index (κ2) is 7.82. The molecule has 1 saturated carbocycles. The molecular weight excluding hydrogens is 388 g/mol. The zero-order valence-corrected chi connectivity index (χ0v) is 16.7. The first-order chi connectivity index (χ1) is 14.4. The molecular formula is C22H22N2O6.